The van der Waals surface area contributed by atoms with Crippen molar-refractivity contribution < 1.29 is 23.5 Å². The molecule has 7 nitrogen and oxygen atoms in total. The van der Waals surface area contributed by atoms with E-state index in [0.717, 1.165) is 5.56 Å². The van der Waals surface area contributed by atoms with Gasteiger partial charge >= 0.3 is 6.09 Å². The Balaban J connectivity index is 1.35. The summed E-state index contributed by atoms with van der Waals surface area (Å²) in [4.78, 5) is 40.3. The van der Waals surface area contributed by atoms with E-state index in [0.29, 0.717) is 22.5 Å². The van der Waals surface area contributed by atoms with Gasteiger partial charge in [-0.3, -0.25) is 14.5 Å². The number of benzene rings is 4. The van der Waals surface area contributed by atoms with Crippen molar-refractivity contribution in [3.05, 3.63) is 132 Å². The molecule has 8 heteroatoms. The minimum atomic E-state index is -0.985. The van der Waals surface area contributed by atoms with E-state index in [1.165, 1.54) is 17.0 Å². The van der Waals surface area contributed by atoms with Gasteiger partial charge in [-0.05, 0) is 53.1 Å². The highest BCUT2D eigenvalue weighted by Crippen LogP contribution is 2.35. The van der Waals surface area contributed by atoms with Crippen LogP contribution in [0.25, 0.3) is 0 Å². The maximum atomic E-state index is 13.5. The number of cyclic esters (lactones) is 1. The summed E-state index contributed by atoms with van der Waals surface area (Å²) in [5.74, 6) is -0.971. The Morgan fingerprint density at radius 2 is 1.36 bits per heavy atom. The number of hydrogen-bond donors (Lipinski definition) is 2. The van der Waals surface area contributed by atoms with Crippen molar-refractivity contribution in [2.45, 2.75) is 25.1 Å². The summed E-state index contributed by atoms with van der Waals surface area (Å²) in [6.45, 7) is 0.0656. The summed E-state index contributed by atoms with van der Waals surface area (Å²) >= 11 is 0. The van der Waals surface area contributed by atoms with Crippen LogP contribution in [0.5, 0.6) is 0 Å². The molecular weight excluding hydrogens is 497 g/mol. The fourth-order valence-electron chi connectivity index (χ4n) is 4.48. The molecule has 4 aromatic carbocycles. The first-order valence-corrected chi connectivity index (χ1v) is 12.5. The molecule has 0 radical (unpaired) electrons. The van der Waals surface area contributed by atoms with E-state index in [-0.39, 0.29) is 18.9 Å². The van der Waals surface area contributed by atoms with Crippen molar-refractivity contribution in [2.75, 3.05) is 10.6 Å². The van der Waals surface area contributed by atoms with Crippen molar-refractivity contribution >= 4 is 29.3 Å². The number of nitrogens with zero attached hydrogens (tertiary/aromatic N) is 1. The first kappa shape index (κ1) is 25.7. The third kappa shape index (κ3) is 6.30. The molecule has 0 spiro atoms. The van der Waals surface area contributed by atoms with Crippen LogP contribution in [-0.2, 0) is 27.3 Å². The maximum absolute atomic E-state index is 13.5. The number of anilines is 2. The van der Waals surface area contributed by atoms with E-state index in [4.69, 9.17) is 4.74 Å². The van der Waals surface area contributed by atoms with E-state index in [1.54, 1.807) is 60.7 Å². The maximum Gasteiger partial charge on any atom is 0.411 e. The molecule has 3 amide bonds. The van der Waals surface area contributed by atoms with Gasteiger partial charge in [0.05, 0.1) is 13.0 Å². The van der Waals surface area contributed by atoms with Gasteiger partial charge in [0.1, 0.15) is 5.82 Å². The molecule has 1 aliphatic heterocycles. The molecule has 0 aromatic heterocycles. The molecule has 1 fully saturated rings. The fraction of sp³-hybridized carbons (Fsp3) is 0.129. The van der Waals surface area contributed by atoms with Gasteiger partial charge in [-0.1, -0.05) is 72.8 Å². The Hall–Kier alpha value is -4.98. The first-order valence-electron chi connectivity index (χ1n) is 12.5. The molecule has 1 heterocycles. The normalized spacial score (nSPS) is 16.4. The average molecular weight is 524 g/mol. The predicted molar refractivity (Wildman–Crippen MR) is 145 cm³/mol. The van der Waals surface area contributed by atoms with E-state index < -0.39 is 30.0 Å². The molecule has 4 aromatic rings. The lowest BCUT2D eigenvalue weighted by Crippen LogP contribution is -2.43. The van der Waals surface area contributed by atoms with E-state index in [2.05, 4.69) is 10.6 Å². The summed E-state index contributed by atoms with van der Waals surface area (Å²) in [5, 5.41) is 5.72. The van der Waals surface area contributed by atoms with Crippen LogP contribution in [-0.4, -0.2) is 28.8 Å². The number of para-hydroxylation sites is 1. The van der Waals surface area contributed by atoms with Crippen LogP contribution in [0.4, 0.5) is 20.6 Å². The molecule has 1 aliphatic rings. The zero-order chi connectivity index (χ0) is 27.2. The van der Waals surface area contributed by atoms with Crippen LogP contribution in [0.15, 0.2) is 109 Å². The fourth-order valence-corrected chi connectivity index (χ4v) is 4.48. The first-order chi connectivity index (χ1) is 19.0. The van der Waals surface area contributed by atoms with Crippen LogP contribution in [0.3, 0.4) is 0 Å². The van der Waals surface area contributed by atoms with Gasteiger partial charge in [-0.2, -0.15) is 0 Å². The molecule has 1 saturated heterocycles. The number of rotatable bonds is 8. The van der Waals surface area contributed by atoms with Crippen molar-refractivity contribution in [1.82, 2.24) is 4.90 Å². The van der Waals surface area contributed by atoms with E-state index in [9.17, 15) is 18.8 Å². The molecule has 2 N–H and O–H groups in total. The quantitative estimate of drug-likeness (QED) is 0.310. The largest absolute Gasteiger partial charge is 0.438 e. The van der Waals surface area contributed by atoms with Crippen LogP contribution >= 0.6 is 0 Å². The Labute approximate surface area is 225 Å². The van der Waals surface area contributed by atoms with Crippen molar-refractivity contribution in [3.63, 3.8) is 0 Å². The summed E-state index contributed by atoms with van der Waals surface area (Å²) in [5.41, 5.74) is 3.32. The Morgan fingerprint density at radius 3 is 2.03 bits per heavy atom. The molecule has 2 atom stereocenters. The summed E-state index contributed by atoms with van der Waals surface area (Å²) in [7, 11) is 0. The predicted octanol–water partition coefficient (Wildman–Crippen LogP) is 5.71. The molecule has 39 heavy (non-hydrogen) atoms. The number of nitrogens with one attached hydrogen (secondary N) is 2. The molecular formula is C31H26FN3O4. The number of halogens is 1. The Morgan fingerprint density at radius 1 is 0.744 bits per heavy atom. The van der Waals surface area contributed by atoms with Crippen LogP contribution in [0.2, 0.25) is 0 Å². The highest BCUT2D eigenvalue weighted by Gasteiger charge is 2.47. The van der Waals surface area contributed by atoms with Gasteiger partial charge in [0, 0.05) is 11.4 Å². The number of hydrogen-bond acceptors (Lipinski definition) is 4. The second kappa shape index (κ2) is 11.6. The number of carbonyl (C=O) groups excluding carboxylic acids is 3. The molecule has 0 bridgehead atoms. The molecule has 5 rings (SSSR count). The zero-order valence-electron chi connectivity index (χ0n) is 20.9. The van der Waals surface area contributed by atoms with Crippen molar-refractivity contribution in [1.29, 1.82) is 0 Å². The third-order valence-electron chi connectivity index (χ3n) is 6.39. The average Bonchev–Trinajstić information content (AvgIpc) is 3.27. The highest BCUT2D eigenvalue weighted by atomic mass is 19.1. The summed E-state index contributed by atoms with van der Waals surface area (Å²) < 4.78 is 19.1. The van der Waals surface area contributed by atoms with Gasteiger partial charge in [0.15, 0.2) is 12.1 Å². The third-order valence-corrected chi connectivity index (χ3v) is 6.39. The molecule has 196 valence electrons. The smallest absolute Gasteiger partial charge is 0.411 e. The Bertz CT molecular complexity index is 1450. The van der Waals surface area contributed by atoms with Crippen LogP contribution < -0.4 is 10.6 Å². The highest BCUT2D eigenvalue weighted by molar-refractivity contribution is 5.98. The van der Waals surface area contributed by atoms with Gasteiger partial charge in [0.2, 0.25) is 5.91 Å². The molecule has 0 unspecified atom stereocenters. The number of carbonyl (C=O) groups is 3. The van der Waals surface area contributed by atoms with E-state index in [1.807, 2.05) is 36.4 Å². The van der Waals surface area contributed by atoms with Gasteiger partial charge < -0.3 is 15.4 Å². The molecule has 0 aliphatic carbocycles. The van der Waals surface area contributed by atoms with Crippen LogP contribution in [0.1, 0.15) is 22.8 Å². The Kier molecular flexibility index (Phi) is 7.63. The topological polar surface area (TPSA) is 87.7 Å². The minimum absolute atomic E-state index is 0.0656. The lowest BCUT2D eigenvalue weighted by molar-refractivity contribution is -0.121. The van der Waals surface area contributed by atoms with Gasteiger partial charge in [0.25, 0.3) is 5.91 Å². The summed E-state index contributed by atoms with van der Waals surface area (Å²) in [6, 6.07) is 30.0. The number of amides is 3. The van der Waals surface area contributed by atoms with E-state index >= 15 is 0 Å². The monoisotopic (exact) mass is 523 g/mol. The van der Waals surface area contributed by atoms with Gasteiger partial charge in [-0.25, -0.2) is 9.18 Å². The van der Waals surface area contributed by atoms with Gasteiger partial charge in [-0.15, -0.1) is 0 Å². The van der Waals surface area contributed by atoms with Crippen LogP contribution in [0, 0.1) is 5.82 Å². The van der Waals surface area contributed by atoms with Crippen molar-refractivity contribution in [2.24, 2.45) is 0 Å². The lowest BCUT2D eigenvalue weighted by Gasteiger charge is -2.24. The number of ether oxygens (including phenoxy) is 1. The summed E-state index contributed by atoms with van der Waals surface area (Å²) in [6.07, 6.45) is -1.31. The second-order valence-corrected chi connectivity index (χ2v) is 9.19. The SMILES string of the molecule is O=C(Cc1ccccc1)Nc1ccc([C@H]2OC(=O)N(Cc3ccc(F)cc3)[C@@H]2C(=O)Nc2ccccc2)cc1. The lowest BCUT2D eigenvalue weighted by atomic mass is 10.00. The zero-order valence-corrected chi connectivity index (χ0v) is 20.9. The standard InChI is InChI=1S/C31H26FN3O4/c32-24-15-11-22(12-16-24)20-35-28(30(37)34-25-9-5-2-6-10-25)29(39-31(35)38)23-13-17-26(18-14-23)33-27(36)19-21-7-3-1-4-8-21/h1-18,28-29H,19-20H2,(H,33,36)(H,34,37)/t28-,29+/m0/s1. The minimum Gasteiger partial charge on any atom is -0.438 e. The second-order valence-electron chi connectivity index (χ2n) is 9.19. The molecule has 0 saturated carbocycles. The van der Waals surface area contributed by atoms with Crippen molar-refractivity contribution in [3.8, 4) is 0 Å².